The number of nitrogens with zero attached hydrogens (tertiary/aromatic N) is 3. The lowest BCUT2D eigenvalue weighted by Crippen LogP contribution is -2.42. The summed E-state index contributed by atoms with van der Waals surface area (Å²) < 4.78 is 6.42. The summed E-state index contributed by atoms with van der Waals surface area (Å²) in [6, 6.07) is 7.33. The molecule has 8 nitrogen and oxygen atoms in total. The number of amides is 1. The smallest absolute Gasteiger partial charge is 0.310 e. The number of piperidine rings is 1. The minimum atomic E-state index is -0.334. The van der Waals surface area contributed by atoms with Crippen molar-refractivity contribution in [3.05, 3.63) is 68.2 Å². The summed E-state index contributed by atoms with van der Waals surface area (Å²) in [6.45, 7) is 4.69. The van der Waals surface area contributed by atoms with Crippen molar-refractivity contribution in [2.24, 2.45) is 5.92 Å². The Kier molecular flexibility index (Phi) is 6.32. The van der Waals surface area contributed by atoms with Crippen molar-refractivity contribution in [2.45, 2.75) is 33.1 Å². The largest absolute Gasteiger partial charge is 0.466 e. The van der Waals surface area contributed by atoms with Crippen molar-refractivity contribution in [2.75, 3.05) is 19.7 Å². The van der Waals surface area contributed by atoms with Crippen LogP contribution >= 0.6 is 11.6 Å². The summed E-state index contributed by atoms with van der Waals surface area (Å²) in [5.74, 6) is -0.869. The highest BCUT2D eigenvalue weighted by atomic mass is 35.5. The number of aromatic nitrogens is 3. The molecule has 0 unspecified atom stereocenters. The molecule has 0 spiro atoms. The number of carbonyl (C=O) groups excluding carboxylic acids is 2. The SMILES string of the molecule is CCOC(=O)[C@H]1CCCN(C(=O)c2c[nH]n3c(=O)c(Cc4cccc(Cl)c4)c(C)nc23)C1. The third-order valence-electron chi connectivity index (χ3n) is 5.79. The Hall–Kier alpha value is -3.13. The molecule has 1 aliphatic heterocycles. The number of fused-ring (bicyclic) bond motifs is 1. The zero-order valence-electron chi connectivity index (χ0n) is 18.1. The van der Waals surface area contributed by atoms with E-state index in [4.69, 9.17) is 16.3 Å². The van der Waals surface area contributed by atoms with Gasteiger partial charge in [-0.3, -0.25) is 19.5 Å². The molecule has 168 valence electrons. The molecule has 0 radical (unpaired) electrons. The molecular weight excluding hydrogens is 432 g/mol. The maximum Gasteiger partial charge on any atom is 0.310 e. The van der Waals surface area contributed by atoms with Gasteiger partial charge in [0.05, 0.1) is 12.5 Å². The first kappa shape index (κ1) is 22.1. The maximum atomic E-state index is 13.2. The van der Waals surface area contributed by atoms with Crippen LogP contribution in [0.2, 0.25) is 5.02 Å². The fraction of sp³-hybridized carbons (Fsp3) is 0.391. The first-order valence-corrected chi connectivity index (χ1v) is 11.1. The minimum Gasteiger partial charge on any atom is -0.466 e. The highest BCUT2D eigenvalue weighted by Crippen LogP contribution is 2.22. The van der Waals surface area contributed by atoms with E-state index in [1.807, 2.05) is 18.2 Å². The quantitative estimate of drug-likeness (QED) is 0.595. The molecular formula is C23H25ClN4O4. The fourth-order valence-electron chi connectivity index (χ4n) is 4.15. The van der Waals surface area contributed by atoms with E-state index >= 15 is 0 Å². The predicted molar refractivity (Wildman–Crippen MR) is 120 cm³/mol. The highest BCUT2D eigenvalue weighted by molar-refractivity contribution is 6.30. The Bertz CT molecular complexity index is 1230. The van der Waals surface area contributed by atoms with Crippen LogP contribution < -0.4 is 5.56 Å². The van der Waals surface area contributed by atoms with E-state index in [-0.39, 0.29) is 29.0 Å². The van der Waals surface area contributed by atoms with Gasteiger partial charge in [-0.1, -0.05) is 23.7 Å². The van der Waals surface area contributed by atoms with Crippen molar-refractivity contribution in [1.82, 2.24) is 19.5 Å². The van der Waals surface area contributed by atoms with Crippen LogP contribution in [0.3, 0.4) is 0 Å². The summed E-state index contributed by atoms with van der Waals surface area (Å²) in [4.78, 5) is 44.7. The van der Waals surface area contributed by atoms with E-state index in [0.717, 1.165) is 5.56 Å². The number of aryl methyl sites for hydroxylation is 1. The molecule has 3 aromatic rings. The number of hydrogen-bond donors (Lipinski definition) is 1. The Morgan fingerprint density at radius 2 is 2.16 bits per heavy atom. The van der Waals surface area contributed by atoms with E-state index < -0.39 is 0 Å². The first-order valence-electron chi connectivity index (χ1n) is 10.7. The van der Waals surface area contributed by atoms with Crippen LogP contribution in [0, 0.1) is 12.8 Å². The minimum absolute atomic E-state index is 0.255. The molecule has 0 aliphatic carbocycles. The van der Waals surface area contributed by atoms with Gasteiger partial charge in [0.1, 0.15) is 5.56 Å². The van der Waals surface area contributed by atoms with Gasteiger partial charge in [-0.25, -0.2) is 9.50 Å². The van der Waals surface area contributed by atoms with Crippen molar-refractivity contribution in [1.29, 1.82) is 0 Å². The maximum absolute atomic E-state index is 13.2. The van der Waals surface area contributed by atoms with Crippen LogP contribution in [-0.4, -0.2) is 51.1 Å². The Balaban J connectivity index is 1.63. The van der Waals surface area contributed by atoms with Crippen LogP contribution in [0.1, 0.15) is 46.9 Å². The molecule has 9 heteroatoms. The zero-order chi connectivity index (χ0) is 22.8. The zero-order valence-corrected chi connectivity index (χ0v) is 18.8. The summed E-state index contributed by atoms with van der Waals surface area (Å²) in [7, 11) is 0. The number of carbonyl (C=O) groups is 2. The number of ether oxygens (including phenoxy) is 1. The van der Waals surface area contributed by atoms with Crippen LogP contribution in [0.5, 0.6) is 0 Å². The Labute approximate surface area is 190 Å². The van der Waals surface area contributed by atoms with E-state index in [1.54, 1.807) is 24.8 Å². The fourth-order valence-corrected chi connectivity index (χ4v) is 4.37. The molecule has 3 heterocycles. The van der Waals surface area contributed by atoms with Gasteiger partial charge in [-0.15, -0.1) is 0 Å². The molecule has 1 aliphatic rings. The third-order valence-corrected chi connectivity index (χ3v) is 6.03. The van der Waals surface area contributed by atoms with E-state index in [9.17, 15) is 14.4 Å². The van der Waals surface area contributed by atoms with Gasteiger partial charge in [0.2, 0.25) is 0 Å². The Morgan fingerprint density at radius 1 is 1.34 bits per heavy atom. The van der Waals surface area contributed by atoms with Gasteiger partial charge in [0.25, 0.3) is 11.5 Å². The van der Waals surface area contributed by atoms with E-state index in [1.165, 1.54) is 10.7 Å². The third kappa shape index (κ3) is 4.27. The van der Waals surface area contributed by atoms with Gasteiger partial charge in [0.15, 0.2) is 5.65 Å². The molecule has 32 heavy (non-hydrogen) atoms. The highest BCUT2D eigenvalue weighted by Gasteiger charge is 2.31. The normalized spacial score (nSPS) is 16.3. The molecule has 0 bridgehead atoms. The lowest BCUT2D eigenvalue weighted by atomic mass is 9.97. The number of nitrogens with one attached hydrogen (secondary N) is 1. The summed E-state index contributed by atoms with van der Waals surface area (Å²) >= 11 is 6.07. The summed E-state index contributed by atoms with van der Waals surface area (Å²) in [6.07, 6.45) is 3.30. The molecule has 1 fully saturated rings. The standard InChI is InChI=1S/C23H25ClN4O4/c1-3-32-23(31)16-7-5-9-27(13-16)21(29)19-12-25-28-20(19)26-14(2)18(22(28)30)11-15-6-4-8-17(24)10-15/h4,6,8,10,12,16,25H,3,5,7,9,11,13H2,1-2H3/t16-/m0/s1. The monoisotopic (exact) mass is 456 g/mol. The van der Waals surface area contributed by atoms with Crippen molar-refractivity contribution < 1.29 is 14.3 Å². The van der Waals surface area contributed by atoms with Crippen LogP contribution in [0.4, 0.5) is 0 Å². The van der Waals surface area contributed by atoms with E-state index in [2.05, 4.69) is 10.1 Å². The number of benzene rings is 1. The summed E-state index contributed by atoms with van der Waals surface area (Å²) in [5, 5.41) is 3.47. The predicted octanol–water partition coefficient (Wildman–Crippen LogP) is 2.99. The number of esters is 1. The molecule has 1 amide bonds. The van der Waals surface area contributed by atoms with Gasteiger partial charge in [-0.05, 0) is 44.4 Å². The lowest BCUT2D eigenvalue weighted by molar-refractivity contribution is -0.149. The second kappa shape index (κ2) is 9.16. The molecule has 1 N–H and O–H groups in total. The average molecular weight is 457 g/mol. The number of aromatic amines is 1. The van der Waals surface area contributed by atoms with Crippen molar-refractivity contribution in [3.8, 4) is 0 Å². The molecule has 0 saturated carbocycles. The van der Waals surface area contributed by atoms with E-state index in [0.29, 0.717) is 60.8 Å². The number of hydrogen-bond acceptors (Lipinski definition) is 5. The molecule has 2 aromatic heterocycles. The van der Waals surface area contributed by atoms with Crippen LogP contribution in [0.15, 0.2) is 35.3 Å². The van der Waals surface area contributed by atoms with Crippen LogP contribution in [0.25, 0.3) is 5.65 Å². The second-order valence-electron chi connectivity index (χ2n) is 7.98. The first-order chi connectivity index (χ1) is 15.4. The van der Waals surface area contributed by atoms with Gasteiger partial charge in [0, 0.05) is 42.0 Å². The van der Waals surface area contributed by atoms with Crippen molar-refractivity contribution in [3.63, 3.8) is 0 Å². The molecule has 1 saturated heterocycles. The molecule has 1 atom stereocenters. The Morgan fingerprint density at radius 3 is 2.91 bits per heavy atom. The van der Waals surface area contributed by atoms with Gasteiger partial charge in [-0.2, -0.15) is 0 Å². The average Bonchev–Trinajstić information content (AvgIpc) is 3.20. The van der Waals surface area contributed by atoms with Gasteiger partial charge < -0.3 is 9.64 Å². The second-order valence-corrected chi connectivity index (χ2v) is 8.41. The number of rotatable bonds is 5. The summed E-state index contributed by atoms with van der Waals surface area (Å²) in [5.41, 5.74) is 2.34. The van der Waals surface area contributed by atoms with Crippen LogP contribution in [-0.2, 0) is 16.0 Å². The number of likely N-dealkylation sites (tertiary alicyclic amines) is 1. The number of halogens is 1. The lowest BCUT2D eigenvalue weighted by Gasteiger charge is -2.31. The molecule has 1 aromatic carbocycles. The topological polar surface area (TPSA) is 96.8 Å². The van der Waals surface area contributed by atoms with Crippen molar-refractivity contribution >= 4 is 29.1 Å². The molecule has 4 rings (SSSR count). The number of H-pyrrole nitrogens is 1. The van der Waals surface area contributed by atoms with Gasteiger partial charge >= 0.3 is 5.97 Å².